The van der Waals surface area contributed by atoms with Crippen LogP contribution in [-0.4, -0.2) is 30.6 Å². The molecule has 0 radical (unpaired) electrons. The summed E-state index contributed by atoms with van der Waals surface area (Å²) in [7, 11) is 0. The summed E-state index contributed by atoms with van der Waals surface area (Å²) >= 11 is -1.71. The van der Waals surface area contributed by atoms with Crippen LogP contribution in [0.1, 0.15) is 20.8 Å². The van der Waals surface area contributed by atoms with E-state index in [1.165, 1.54) is 6.20 Å². The van der Waals surface area contributed by atoms with E-state index in [0.29, 0.717) is 24.0 Å². The van der Waals surface area contributed by atoms with Crippen molar-refractivity contribution in [3.8, 4) is 11.3 Å². The molecule has 6 nitrogen and oxygen atoms in total. The molecule has 0 aromatic carbocycles. The average Bonchev–Trinajstić information content (AvgIpc) is 2.97. The maximum atomic E-state index is 12.7. The fraction of sp³-hybridized carbons (Fsp3) is 0.333. The van der Waals surface area contributed by atoms with Crippen LogP contribution in [0.25, 0.3) is 11.3 Å². The number of primary amides is 1. The van der Waals surface area contributed by atoms with Gasteiger partial charge in [0.25, 0.3) is 5.91 Å². The molecule has 0 spiro atoms. The fourth-order valence-electron chi connectivity index (χ4n) is 2.69. The van der Waals surface area contributed by atoms with Gasteiger partial charge in [-0.3, -0.25) is 9.48 Å². The average molecular weight is 365 g/mol. The predicted octanol–water partition coefficient (Wildman–Crippen LogP) is 1.95. The van der Waals surface area contributed by atoms with Crippen molar-refractivity contribution in [1.29, 1.82) is 0 Å². The highest BCUT2D eigenvalue weighted by atomic mass is 32.2. The summed E-state index contributed by atoms with van der Waals surface area (Å²) in [5.41, 5.74) is 6.54. The van der Waals surface area contributed by atoms with Gasteiger partial charge in [-0.15, -0.1) is 11.3 Å². The topological polar surface area (TPSA) is 98.2 Å². The number of aromatic nitrogens is 2. The van der Waals surface area contributed by atoms with Crippen molar-refractivity contribution in [2.45, 2.75) is 29.8 Å². The number of halogens is 3. The normalized spacial score (nSPS) is 15.1. The first-order valence-electron chi connectivity index (χ1n) is 6.37. The van der Waals surface area contributed by atoms with Gasteiger partial charge in [0, 0.05) is 5.56 Å². The molecular formula is C12H10F3N3O3S2. The lowest BCUT2D eigenvalue weighted by molar-refractivity contribution is -0.142. The third-order valence-corrected chi connectivity index (χ3v) is 5.72. The fourth-order valence-corrected chi connectivity index (χ4v) is 4.55. The summed E-state index contributed by atoms with van der Waals surface area (Å²) in [4.78, 5) is 11.6. The van der Waals surface area contributed by atoms with Gasteiger partial charge < -0.3 is 10.3 Å². The van der Waals surface area contributed by atoms with Gasteiger partial charge in [0.15, 0.2) is 11.1 Å². The van der Waals surface area contributed by atoms with E-state index in [9.17, 15) is 26.7 Å². The highest BCUT2D eigenvalue weighted by Gasteiger charge is 2.35. The molecule has 1 aliphatic carbocycles. The second-order valence-electron chi connectivity index (χ2n) is 4.98. The molecular weight excluding hydrogens is 355 g/mol. The van der Waals surface area contributed by atoms with E-state index < -0.39 is 29.7 Å². The lowest BCUT2D eigenvalue weighted by Crippen LogP contribution is -2.21. The molecule has 1 unspecified atom stereocenters. The van der Waals surface area contributed by atoms with Crippen LogP contribution in [0.5, 0.6) is 0 Å². The molecule has 3 N–H and O–H groups in total. The number of alkyl halides is 3. The zero-order valence-electron chi connectivity index (χ0n) is 11.4. The molecule has 124 valence electrons. The molecule has 1 amide bonds. The van der Waals surface area contributed by atoms with E-state index in [-0.39, 0.29) is 20.3 Å². The first-order valence-corrected chi connectivity index (χ1v) is 8.29. The van der Waals surface area contributed by atoms with Crippen LogP contribution in [0.3, 0.4) is 0 Å². The molecule has 0 aliphatic heterocycles. The molecule has 0 bridgehead atoms. The van der Waals surface area contributed by atoms with Gasteiger partial charge in [-0.2, -0.15) is 18.3 Å². The number of hydrogen-bond donors (Lipinski definition) is 2. The number of amides is 1. The number of thiophene rings is 1. The highest BCUT2D eigenvalue weighted by Crippen LogP contribution is 2.44. The largest absolute Gasteiger partial charge is 0.408 e. The second kappa shape index (κ2) is 5.42. The van der Waals surface area contributed by atoms with Crippen molar-refractivity contribution in [2.24, 2.45) is 5.73 Å². The van der Waals surface area contributed by atoms with Gasteiger partial charge in [0.2, 0.25) is 0 Å². The maximum Gasteiger partial charge on any atom is 0.408 e. The van der Waals surface area contributed by atoms with Gasteiger partial charge in [-0.25, -0.2) is 4.21 Å². The number of carbonyl (C=O) groups excluding carboxylic acids is 1. The van der Waals surface area contributed by atoms with Crippen molar-refractivity contribution in [3.05, 3.63) is 22.2 Å². The monoisotopic (exact) mass is 365 g/mol. The molecule has 1 atom stereocenters. The van der Waals surface area contributed by atoms with Crippen molar-refractivity contribution in [3.63, 3.8) is 0 Å². The SMILES string of the molecule is NC(=O)c1sc(S(=O)O)c2c1CCc1cnn(CC(F)(F)F)c1-2. The first kappa shape index (κ1) is 16.1. The third kappa shape index (κ3) is 2.79. The minimum absolute atomic E-state index is 0.0846. The molecule has 0 saturated carbocycles. The van der Waals surface area contributed by atoms with Crippen LogP contribution in [-0.2, 0) is 30.5 Å². The van der Waals surface area contributed by atoms with Gasteiger partial charge in [-0.05, 0) is 24.0 Å². The molecule has 2 aromatic heterocycles. The van der Waals surface area contributed by atoms with Crippen molar-refractivity contribution in [1.82, 2.24) is 9.78 Å². The molecule has 2 heterocycles. The van der Waals surface area contributed by atoms with E-state index in [1.54, 1.807) is 0 Å². The molecule has 11 heteroatoms. The van der Waals surface area contributed by atoms with Crippen LogP contribution in [0.15, 0.2) is 10.4 Å². The van der Waals surface area contributed by atoms with E-state index in [4.69, 9.17) is 5.73 Å². The number of aryl methyl sites for hydroxylation is 1. The van der Waals surface area contributed by atoms with E-state index >= 15 is 0 Å². The highest BCUT2D eigenvalue weighted by molar-refractivity contribution is 7.82. The summed E-state index contributed by atoms with van der Waals surface area (Å²) in [6.45, 7) is -1.32. The molecule has 23 heavy (non-hydrogen) atoms. The summed E-state index contributed by atoms with van der Waals surface area (Å²) in [5, 5.41) is 3.74. The summed E-state index contributed by atoms with van der Waals surface area (Å²) in [6.07, 6.45) is -2.44. The van der Waals surface area contributed by atoms with Gasteiger partial charge in [0.1, 0.15) is 10.8 Å². The van der Waals surface area contributed by atoms with E-state index in [1.807, 2.05) is 0 Å². The van der Waals surface area contributed by atoms with Crippen molar-refractivity contribution >= 4 is 28.3 Å². The van der Waals surface area contributed by atoms with Crippen LogP contribution >= 0.6 is 11.3 Å². The number of rotatable bonds is 3. The molecule has 2 aromatic rings. The summed E-state index contributed by atoms with van der Waals surface area (Å²) in [5.74, 6) is -0.770. The standard InChI is InChI=1S/C12H10F3N3O3S2/c13-12(14,15)4-18-8-5(3-17-18)1-2-6-7(8)11(23(20)21)22-9(6)10(16)19/h3H,1-2,4H2,(H2,16,19)(H,20,21). The summed E-state index contributed by atoms with van der Waals surface area (Å²) < 4.78 is 59.8. The van der Waals surface area contributed by atoms with E-state index in [0.717, 1.165) is 16.0 Å². The zero-order chi connectivity index (χ0) is 16.9. The number of fused-ring (bicyclic) bond motifs is 3. The molecule has 0 fully saturated rings. The Balaban J connectivity index is 2.25. The second-order valence-corrected chi connectivity index (χ2v) is 7.16. The van der Waals surface area contributed by atoms with Crippen LogP contribution in [0, 0.1) is 0 Å². The molecule has 3 rings (SSSR count). The van der Waals surface area contributed by atoms with Gasteiger partial charge in [0.05, 0.1) is 16.8 Å². The van der Waals surface area contributed by atoms with Crippen LogP contribution < -0.4 is 5.73 Å². The summed E-state index contributed by atoms with van der Waals surface area (Å²) in [6, 6.07) is 0. The number of hydrogen-bond acceptors (Lipinski definition) is 4. The van der Waals surface area contributed by atoms with E-state index in [2.05, 4.69) is 5.10 Å². The lowest BCUT2D eigenvalue weighted by atomic mass is 9.92. The molecule has 0 saturated heterocycles. The zero-order valence-corrected chi connectivity index (χ0v) is 13.0. The van der Waals surface area contributed by atoms with Crippen molar-refractivity contribution in [2.75, 3.05) is 0 Å². The first-order chi connectivity index (χ1) is 10.7. The number of nitrogens with two attached hydrogens (primary N) is 1. The Labute approximate surface area is 134 Å². The Kier molecular flexibility index (Phi) is 3.81. The maximum absolute atomic E-state index is 12.7. The predicted molar refractivity (Wildman–Crippen MR) is 76.6 cm³/mol. The van der Waals surface area contributed by atoms with Gasteiger partial charge in [-0.1, -0.05) is 0 Å². The Morgan fingerprint density at radius 2 is 2.17 bits per heavy atom. The molecule has 1 aliphatic rings. The van der Waals surface area contributed by atoms with Crippen molar-refractivity contribution < 1.29 is 26.7 Å². The minimum Gasteiger partial charge on any atom is -0.365 e. The smallest absolute Gasteiger partial charge is 0.365 e. The minimum atomic E-state index is -4.49. The van der Waals surface area contributed by atoms with Gasteiger partial charge >= 0.3 is 6.18 Å². The number of carbonyl (C=O) groups is 1. The Bertz CT molecular complexity index is 826. The Morgan fingerprint density at radius 3 is 2.74 bits per heavy atom. The third-order valence-electron chi connectivity index (χ3n) is 3.48. The van der Waals surface area contributed by atoms with Crippen LogP contribution in [0.4, 0.5) is 13.2 Å². The van der Waals surface area contributed by atoms with Crippen LogP contribution in [0.2, 0.25) is 0 Å². The quantitative estimate of drug-likeness (QED) is 0.813. The lowest BCUT2D eigenvalue weighted by Gasteiger charge is -2.17. The number of nitrogens with zero attached hydrogens (tertiary/aromatic N) is 2. The Morgan fingerprint density at radius 1 is 1.48 bits per heavy atom. The Hall–Kier alpha value is -1.72.